The molecule has 2 aromatic heterocycles. The van der Waals surface area contributed by atoms with Crippen molar-refractivity contribution in [3.05, 3.63) is 50.7 Å². The summed E-state index contributed by atoms with van der Waals surface area (Å²) in [5.74, 6) is 1.09. The van der Waals surface area contributed by atoms with Crippen molar-refractivity contribution in [2.45, 2.75) is 13.5 Å². The standard InChI is InChI=1S/C16H16N2O3S/c1-10-4-5-11(22-10)8-18-9-17-13-7-15(21-3)14(20-2)6-12(13)16(18)19/h4-7,9H,8H2,1-3H3. The summed E-state index contributed by atoms with van der Waals surface area (Å²) in [5, 5.41) is 0.522. The van der Waals surface area contributed by atoms with Crippen LogP contribution in [0.4, 0.5) is 0 Å². The lowest BCUT2D eigenvalue weighted by Crippen LogP contribution is -2.20. The summed E-state index contributed by atoms with van der Waals surface area (Å²) in [5.41, 5.74) is 0.512. The summed E-state index contributed by atoms with van der Waals surface area (Å²) in [7, 11) is 3.11. The van der Waals surface area contributed by atoms with E-state index in [0.29, 0.717) is 28.9 Å². The molecule has 3 rings (SSSR count). The van der Waals surface area contributed by atoms with E-state index in [-0.39, 0.29) is 5.56 Å². The molecule has 0 unspecified atom stereocenters. The van der Waals surface area contributed by atoms with Crippen LogP contribution in [0.15, 0.2) is 35.4 Å². The third-order valence-corrected chi connectivity index (χ3v) is 4.44. The highest BCUT2D eigenvalue weighted by molar-refractivity contribution is 7.11. The zero-order valence-corrected chi connectivity index (χ0v) is 13.4. The van der Waals surface area contributed by atoms with Gasteiger partial charge in [-0.2, -0.15) is 0 Å². The molecule has 5 nitrogen and oxygen atoms in total. The first kappa shape index (κ1) is 14.6. The van der Waals surface area contributed by atoms with E-state index in [9.17, 15) is 4.79 Å². The molecule has 0 aliphatic rings. The molecule has 0 N–H and O–H groups in total. The molecule has 0 saturated carbocycles. The van der Waals surface area contributed by atoms with E-state index in [1.165, 1.54) is 4.88 Å². The normalized spacial score (nSPS) is 10.9. The largest absolute Gasteiger partial charge is 0.493 e. The third-order valence-electron chi connectivity index (χ3n) is 3.45. The first-order valence-electron chi connectivity index (χ1n) is 6.79. The van der Waals surface area contributed by atoms with Crippen LogP contribution in [0.3, 0.4) is 0 Å². The van der Waals surface area contributed by atoms with Gasteiger partial charge >= 0.3 is 0 Å². The Hall–Kier alpha value is -2.34. The molecule has 0 atom stereocenters. The van der Waals surface area contributed by atoms with Crippen molar-refractivity contribution in [2.24, 2.45) is 0 Å². The van der Waals surface area contributed by atoms with Gasteiger partial charge in [-0.3, -0.25) is 9.36 Å². The Morgan fingerprint density at radius 3 is 2.55 bits per heavy atom. The molecule has 6 heteroatoms. The third kappa shape index (κ3) is 2.57. The molecule has 2 heterocycles. The van der Waals surface area contributed by atoms with Gasteiger partial charge < -0.3 is 9.47 Å². The maximum absolute atomic E-state index is 12.6. The van der Waals surface area contributed by atoms with Gasteiger partial charge in [-0.15, -0.1) is 11.3 Å². The highest BCUT2D eigenvalue weighted by atomic mass is 32.1. The number of methoxy groups -OCH3 is 2. The topological polar surface area (TPSA) is 53.4 Å². The Morgan fingerprint density at radius 1 is 1.18 bits per heavy atom. The van der Waals surface area contributed by atoms with Crippen molar-refractivity contribution < 1.29 is 9.47 Å². The zero-order valence-electron chi connectivity index (χ0n) is 12.6. The molecular weight excluding hydrogens is 300 g/mol. The summed E-state index contributed by atoms with van der Waals surface area (Å²) >= 11 is 1.68. The van der Waals surface area contributed by atoms with Gasteiger partial charge in [-0.25, -0.2) is 4.98 Å². The van der Waals surface area contributed by atoms with Crippen molar-refractivity contribution in [3.8, 4) is 11.5 Å². The van der Waals surface area contributed by atoms with Crippen molar-refractivity contribution in [1.29, 1.82) is 0 Å². The molecule has 0 fully saturated rings. The minimum Gasteiger partial charge on any atom is -0.493 e. The van der Waals surface area contributed by atoms with Crippen LogP contribution in [0.25, 0.3) is 10.9 Å². The summed E-state index contributed by atoms with van der Waals surface area (Å²) in [6, 6.07) is 7.48. The van der Waals surface area contributed by atoms with Gasteiger partial charge in [0.1, 0.15) is 0 Å². The molecule has 1 aromatic carbocycles. The molecule has 114 valence electrons. The smallest absolute Gasteiger partial charge is 0.261 e. The van der Waals surface area contributed by atoms with Gasteiger partial charge in [0.2, 0.25) is 0 Å². The number of rotatable bonds is 4. The molecular formula is C16H16N2O3S. The predicted octanol–water partition coefficient (Wildman–Crippen LogP) is 2.83. The number of ether oxygens (including phenoxy) is 2. The highest BCUT2D eigenvalue weighted by Gasteiger charge is 2.11. The summed E-state index contributed by atoms with van der Waals surface area (Å²) in [4.78, 5) is 19.4. The van der Waals surface area contributed by atoms with Gasteiger partial charge in [-0.1, -0.05) is 0 Å². The first-order chi connectivity index (χ1) is 10.6. The molecule has 0 radical (unpaired) electrons. The molecule has 0 bridgehead atoms. The van der Waals surface area contributed by atoms with E-state index in [0.717, 1.165) is 4.88 Å². The number of aryl methyl sites for hydroxylation is 1. The second-order valence-corrected chi connectivity index (χ2v) is 6.29. The van der Waals surface area contributed by atoms with Crippen LogP contribution >= 0.6 is 11.3 Å². The van der Waals surface area contributed by atoms with Crippen molar-refractivity contribution in [3.63, 3.8) is 0 Å². The fourth-order valence-corrected chi connectivity index (χ4v) is 3.23. The lowest BCUT2D eigenvalue weighted by Gasteiger charge is -2.10. The number of hydrogen-bond acceptors (Lipinski definition) is 5. The maximum atomic E-state index is 12.6. The van der Waals surface area contributed by atoms with E-state index >= 15 is 0 Å². The lowest BCUT2D eigenvalue weighted by atomic mass is 10.2. The average molecular weight is 316 g/mol. The molecule has 0 amide bonds. The number of fused-ring (bicyclic) bond motifs is 1. The van der Waals surface area contributed by atoms with E-state index in [2.05, 4.69) is 4.98 Å². The minimum atomic E-state index is -0.0861. The molecule has 0 saturated heterocycles. The minimum absolute atomic E-state index is 0.0861. The van der Waals surface area contributed by atoms with Crippen LogP contribution in [0.2, 0.25) is 0 Å². The Morgan fingerprint density at radius 2 is 1.91 bits per heavy atom. The quantitative estimate of drug-likeness (QED) is 0.743. The Labute approximate surface area is 131 Å². The lowest BCUT2D eigenvalue weighted by molar-refractivity contribution is 0.355. The van der Waals surface area contributed by atoms with Crippen LogP contribution in [0, 0.1) is 6.92 Å². The number of aromatic nitrogens is 2. The van der Waals surface area contributed by atoms with Crippen LogP contribution in [-0.4, -0.2) is 23.8 Å². The Bertz CT molecular complexity index is 883. The van der Waals surface area contributed by atoms with Crippen LogP contribution < -0.4 is 15.0 Å². The van der Waals surface area contributed by atoms with E-state index in [1.54, 1.807) is 48.6 Å². The molecule has 0 aliphatic carbocycles. The molecule has 22 heavy (non-hydrogen) atoms. The summed E-state index contributed by atoms with van der Waals surface area (Å²) in [6.45, 7) is 2.57. The molecule has 0 spiro atoms. The SMILES string of the molecule is COc1cc2ncn(Cc3ccc(C)s3)c(=O)c2cc1OC. The van der Waals surface area contributed by atoms with Gasteiger partial charge in [0.15, 0.2) is 11.5 Å². The van der Waals surface area contributed by atoms with Crippen molar-refractivity contribution in [1.82, 2.24) is 9.55 Å². The fourth-order valence-electron chi connectivity index (χ4n) is 2.34. The van der Waals surface area contributed by atoms with Gasteiger partial charge in [-0.05, 0) is 25.1 Å². The fraction of sp³-hybridized carbons (Fsp3) is 0.250. The van der Waals surface area contributed by atoms with E-state index in [4.69, 9.17) is 9.47 Å². The van der Waals surface area contributed by atoms with Gasteiger partial charge in [0.05, 0.1) is 38.0 Å². The van der Waals surface area contributed by atoms with E-state index < -0.39 is 0 Å². The second kappa shape index (κ2) is 5.81. The van der Waals surface area contributed by atoms with Crippen LogP contribution in [0.1, 0.15) is 9.75 Å². The molecule has 3 aromatic rings. The highest BCUT2D eigenvalue weighted by Crippen LogP contribution is 2.29. The Balaban J connectivity index is 2.10. The van der Waals surface area contributed by atoms with Crippen LogP contribution in [0.5, 0.6) is 11.5 Å². The Kier molecular flexibility index (Phi) is 3.85. The summed E-state index contributed by atoms with van der Waals surface area (Å²) < 4.78 is 12.1. The van der Waals surface area contributed by atoms with Gasteiger partial charge in [0, 0.05) is 15.8 Å². The maximum Gasteiger partial charge on any atom is 0.261 e. The summed E-state index contributed by atoms with van der Waals surface area (Å²) in [6.07, 6.45) is 1.58. The second-order valence-electron chi connectivity index (χ2n) is 4.91. The first-order valence-corrected chi connectivity index (χ1v) is 7.60. The average Bonchev–Trinajstić information content (AvgIpc) is 2.94. The number of thiophene rings is 1. The predicted molar refractivity (Wildman–Crippen MR) is 87.3 cm³/mol. The van der Waals surface area contributed by atoms with Crippen molar-refractivity contribution in [2.75, 3.05) is 14.2 Å². The number of benzene rings is 1. The van der Waals surface area contributed by atoms with E-state index in [1.807, 2.05) is 19.1 Å². The van der Waals surface area contributed by atoms with Crippen molar-refractivity contribution >= 4 is 22.2 Å². The monoisotopic (exact) mass is 316 g/mol. The zero-order chi connectivity index (χ0) is 15.7. The molecule has 0 aliphatic heterocycles. The van der Waals surface area contributed by atoms with Crippen LogP contribution in [-0.2, 0) is 6.54 Å². The number of nitrogens with zero attached hydrogens (tertiary/aromatic N) is 2. The number of hydrogen-bond donors (Lipinski definition) is 0. The van der Waals surface area contributed by atoms with Gasteiger partial charge in [0.25, 0.3) is 5.56 Å².